The average Bonchev–Trinajstić information content (AvgIpc) is 2.74. The summed E-state index contributed by atoms with van der Waals surface area (Å²) in [5, 5.41) is 0. The lowest BCUT2D eigenvalue weighted by atomic mass is 10.0. The summed E-state index contributed by atoms with van der Waals surface area (Å²) in [6, 6.07) is 27.5. The van der Waals surface area contributed by atoms with Crippen LogP contribution in [0.15, 0.2) is 78.9 Å². The molecule has 0 aliphatic carbocycles. The molecule has 1 aliphatic rings. The van der Waals surface area contributed by atoms with E-state index >= 15 is 0 Å². The highest BCUT2D eigenvalue weighted by molar-refractivity contribution is 5.69. The Labute approximate surface area is 161 Å². The first-order valence-corrected chi connectivity index (χ1v) is 9.59. The van der Waals surface area contributed by atoms with Gasteiger partial charge in [0.05, 0.1) is 0 Å². The summed E-state index contributed by atoms with van der Waals surface area (Å²) >= 11 is 0. The Balaban J connectivity index is 1.49. The molecule has 27 heavy (non-hydrogen) atoms. The van der Waals surface area contributed by atoms with Gasteiger partial charge in [-0.15, -0.1) is 0 Å². The van der Waals surface area contributed by atoms with E-state index in [0.717, 1.165) is 31.9 Å². The summed E-state index contributed by atoms with van der Waals surface area (Å²) in [6.45, 7) is 4.99. The van der Waals surface area contributed by atoms with Crippen LogP contribution in [0.25, 0.3) is 11.1 Å². The van der Waals surface area contributed by atoms with E-state index in [2.05, 4.69) is 71.4 Å². The molecule has 3 aromatic carbocycles. The first-order chi connectivity index (χ1) is 13.3. The summed E-state index contributed by atoms with van der Waals surface area (Å²) in [5.41, 5.74) is 4.91. The number of nitrogens with zero attached hydrogens (tertiary/aromatic N) is 2. The van der Waals surface area contributed by atoms with E-state index < -0.39 is 0 Å². The van der Waals surface area contributed by atoms with Gasteiger partial charge in [-0.25, -0.2) is 0 Å². The lowest BCUT2D eigenvalue weighted by Crippen LogP contribution is -2.44. The van der Waals surface area contributed by atoms with Crippen molar-refractivity contribution in [2.24, 2.45) is 0 Å². The van der Waals surface area contributed by atoms with Crippen LogP contribution in [0.4, 0.5) is 5.69 Å². The SMILES string of the molecule is CN1CCN(c2cccc(-c3cccc(OCc4ccccc4)c3)c2)CC1. The van der Waals surface area contributed by atoms with Gasteiger partial charge in [0, 0.05) is 31.9 Å². The third-order valence-corrected chi connectivity index (χ3v) is 5.13. The van der Waals surface area contributed by atoms with Crippen molar-refractivity contribution in [2.45, 2.75) is 6.61 Å². The lowest BCUT2D eigenvalue weighted by molar-refractivity contribution is 0.306. The molecule has 0 saturated carbocycles. The highest BCUT2D eigenvalue weighted by Gasteiger charge is 2.14. The summed E-state index contributed by atoms with van der Waals surface area (Å²) in [5.74, 6) is 0.904. The van der Waals surface area contributed by atoms with Gasteiger partial charge in [0.2, 0.25) is 0 Å². The molecular formula is C24H26N2O. The molecule has 1 aliphatic heterocycles. The normalized spacial score (nSPS) is 14.9. The van der Waals surface area contributed by atoms with Crippen LogP contribution in [0.3, 0.4) is 0 Å². The monoisotopic (exact) mass is 358 g/mol. The lowest BCUT2D eigenvalue weighted by Gasteiger charge is -2.34. The van der Waals surface area contributed by atoms with Gasteiger partial charge in [0.1, 0.15) is 12.4 Å². The van der Waals surface area contributed by atoms with Crippen LogP contribution < -0.4 is 9.64 Å². The van der Waals surface area contributed by atoms with Crippen molar-refractivity contribution in [2.75, 3.05) is 38.1 Å². The fourth-order valence-corrected chi connectivity index (χ4v) is 3.45. The van der Waals surface area contributed by atoms with Crippen molar-refractivity contribution in [1.82, 2.24) is 4.90 Å². The second kappa shape index (κ2) is 8.28. The van der Waals surface area contributed by atoms with Crippen LogP contribution in [0.1, 0.15) is 5.56 Å². The molecule has 1 saturated heterocycles. The third kappa shape index (κ3) is 4.50. The standard InChI is InChI=1S/C24H26N2O/c1-25-13-15-26(16-14-25)23-11-5-9-21(17-23)22-10-6-12-24(18-22)27-19-20-7-3-2-4-8-20/h2-12,17-18H,13-16,19H2,1H3. The molecule has 3 heteroatoms. The quantitative estimate of drug-likeness (QED) is 0.658. The number of piperazine rings is 1. The van der Waals surface area contributed by atoms with E-state index in [1.807, 2.05) is 24.3 Å². The highest BCUT2D eigenvalue weighted by atomic mass is 16.5. The Morgan fingerprint density at radius 1 is 0.741 bits per heavy atom. The van der Waals surface area contributed by atoms with Crippen molar-refractivity contribution >= 4 is 5.69 Å². The fraction of sp³-hybridized carbons (Fsp3) is 0.250. The number of likely N-dealkylation sites (N-methyl/N-ethyl adjacent to an activating group) is 1. The predicted octanol–water partition coefficient (Wildman–Crippen LogP) is 4.68. The molecule has 1 fully saturated rings. The number of anilines is 1. The Kier molecular flexibility index (Phi) is 5.40. The molecule has 3 nitrogen and oxygen atoms in total. The predicted molar refractivity (Wildman–Crippen MR) is 112 cm³/mol. The van der Waals surface area contributed by atoms with Crippen molar-refractivity contribution in [3.8, 4) is 16.9 Å². The first kappa shape index (κ1) is 17.6. The number of hydrogen-bond acceptors (Lipinski definition) is 3. The van der Waals surface area contributed by atoms with Crippen molar-refractivity contribution in [3.05, 3.63) is 84.4 Å². The second-order valence-electron chi connectivity index (χ2n) is 7.14. The van der Waals surface area contributed by atoms with Crippen molar-refractivity contribution < 1.29 is 4.74 Å². The molecule has 0 spiro atoms. The van der Waals surface area contributed by atoms with Gasteiger partial charge in [0.15, 0.2) is 0 Å². The van der Waals surface area contributed by atoms with Gasteiger partial charge in [-0.05, 0) is 48.0 Å². The van der Waals surface area contributed by atoms with Crippen LogP contribution in [-0.4, -0.2) is 38.1 Å². The number of hydrogen-bond donors (Lipinski definition) is 0. The maximum Gasteiger partial charge on any atom is 0.120 e. The minimum absolute atomic E-state index is 0.589. The average molecular weight is 358 g/mol. The van der Waals surface area contributed by atoms with E-state index in [0.29, 0.717) is 6.61 Å². The van der Waals surface area contributed by atoms with Gasteiger partial charge in [-0.3, -0.25) is 0 Å². The van der Waals surface area contributed by atoms with Gasteiger partial charge in [0.25, 0.3) is 0 Å². The Hall–Kier alpha value is -2.78. The maximum atomic E-state index is 6.00. The minimum atomic E-state index is 0.589. The second-order valence-corrected chi connectivity index (χ2v) is 7.14. The van der Waals surface area contributed by atoms with E-state index in [1.165, 1.54) is 22.4 Å². The van der Waals surface area contributed by atoms with Crippen molar-refractivity contribution in [1.29, 1.82) is 0 Å². The number of rotatable bonds is 5. The summed E-state index contributed by atoms with van der Waals surface area (Å²) < 4.78 is 6.00. The molecule has 1 heterocycles. The van der Waals surface area contributed by atoms with Crippen LogP contribution in [0.2, 0.25) is 0 Å². The molecular weight excluding hydrogens is 332 g/mol. The van der Waals surface area contributed by atoms with Crippen molar-refractivity contribution in [3.63, 3.8) is 0 Å². The van der Waals surface area contributed by atoms with Gasteiger partial charge in [-0.2, -0.15) is 0 Å². The van der Waals surface area contributed by atoms with E-state index in [9.17, 15) is 0 Å². The molecule has 0 radical (unpaired) electrons. The molecule has 3 aromatic rings. The Morgan fingerprint density at radius 3 is 2.22 bits per heavy atom. The van der Waals surface area contributed by atoms with E-state index in [4.69, 9.17) is 4.74 Å². The zero-order chi connectivity index (χ0) is 18.5. The third-order valence-electron chi connectivity index (χ3n) is 5.13. The fourth-order valence-electron chi connectivity index (χ4n) is 3.45. The summed E-state index contributed by atoms with van der Waals surface area (Å²) in [6.07, 6.45) is 0. The molecule has 0 bridgehead atoms. The Bertz CT molecular complexity index is 870. The molecule has 0 unspecified atom stereocenters. The van der Waals surface area contributed by atoms with Crippen LogP contribution >= 0.6 is 0 Å². The Morgan fingerprint density at radius 2 is 1.44 bits per heavy atom. The largest absolute Gasteiger partial charge is 0.489 e. The topological polar surface area (TPSA) is 15.7 Å². The molecule has 0 amide bonds. The number of ether oxygens (including phenoxy) is 1. The molecule has 0 atom stereocenters. The van der Waals surface area contributed by atoms with Gasteiger partial charge < -0.3 is 14.5 Å². The van der Waals surface area contributed by atoms with Crippen LogP contribution in [0, 0.1) is 0 Å². The van der Waals surface area contributed by atoms with Crippen LogP contribution in [-0.2, 0) is 6.61 Å². The zero-order valence-corrected chi connectivity index (χ0v) is 15.8. The number of benzene rings is 3. The van der Waals surface area contributed by atoms with Gasteiger partial charge in [-0.1, -0.05) is 54.6 Å². The highest BCUT2D eigenvalue weighted by Crippen LogP contribution is 2.28. The summed E-state index contributed by atoms with van der Waals surface area (Å²) in [7, 11) is 2.19. The minimum Gasteiger partial charge on any atom is -0.489 e. The first-order valence-electron chi connectivity index (χ1n) is 9.59. The van der Waals surface area contributed by atoms with E-state index in [1.54, 1.807) is 0 Å². The smallest absolute Gasteiger partial charge is 0.120 e. The van der Waals surface area contributed by atoms with Crippen LogP contribution in [0.5, 0.6) is 5.75 Å². The van der Waals surface area contributed by atoms with E-state index in [-0.39, 0.29) is 0 Å². The molecule has 4 rings (SSSR count). The summed E-state index contributed by atoms with van der Waals surface area (Å²) in [4.78, 5) is 4.85. The molecule has 0 aromatic heterocycles. The zero-order valence-electron chi connectivity index (χ0n) is 15.8. The molecule has 138 valence electrons. The van der Waals surface area contributed by atoms with Gasteiger partial charge >= 0.3 is 0 Å². The maximum absolute atomic E-state index is 6.00. The molecule has 0 N–H and O–H groups in total.